The van der Waals surface area contributed by atoms with Gasteiger partial charge in [-0.05, 0) is 48.3 Å². The number of benzene rings is 1. The molecule has 1 aromatic rings. The van der Waals surface area contributed by atoms with Crippen LogP contribution in [0.5, 0.6) is 0 Å². The molecule has 0 unspecified atom stereocenters. The van der Waals surface area contributed by atoms with E-state index in [2.05, 4.69) is 32.0 Å². The fraction of sp³-hybridized carbons (Fsp3) is 0.500. The first-order valence-electron chi connectivity index (χ1n) is 5.64. The van der Waals surface area contributed by atoms with Crippen LogP contribution in [-0.2, 0) is 0 Å². The predicted octanol–water partition coefficient (Wildman–Crippen LogP) is 3.63. The zero-order valence-corrected chi connectivity index (χ0v) is 9.62. The van der Waals surface area contributed by atoms with Crippen molar-refractivity contribution in [2.75, 3.05) is 0 Å². The second-order valence-electron chi connectivity index (χ2n) is 4.94. The molecule has 0 aromatic heterocycles. The molecule has 2 rings (SSSR count). The Hall–Kier alpha value is -1.29. The molecule has 0 heterocycles. The summed E-state index contributed by atoms with van der Waals surface area (Å²) in [7, 11) is 0. The van der Waals surface area contributed by atoms with Crippen LogP contribution in [-0.4, -0.2) is 0 Å². The van der Waals surface area contributed by atoms with Crippen LogP contribution in [0.25, 0.3) is 0 Å². The van der Waals surface area contributed by atoms with Crippen LogP contribution in [0.15, 0.2) is 18.2 Å². The van der Waals surface area contributed by atoms with Crippen molar-refractivity contribution in [2.45, 2.75) is 33.1 Å². The number of aryl methyl sites for hydroxylation is 1. The van der Waals surface area contributed by atoms with E-state index in [9.17, 15) is 0 Å². The summed E-state index contributed by atoms with van der Waals surface area (Å²) in [6.07, 6.45) is 1.32. The predicted molar refractivity (Wildman–Crippen MR) is 61.6 cm³/mol. The highest BCUT2D eigenvalue weighted by Gasteiger charge is 2.40. The summed E-state index contributed by atoms with van der Waals surface area (Å²) in [5.41, 5.74) is 3.34. The van der Waals surface area contributed by atoms with E-state index in [-0.39, 0.29) is 0 Å². The molecule has 78 valence electrons. The van der Waals surface area contributed by atoms with Crippen molar-refractivity contribution in [3.63, 3.8) is 0 Å². The van der Waals surface area contributed by atoms with Gasteiger partial charge in [-0.2, -0.15) is 5.26 Å². The van der Waals surface area contributed by atoms with E-state index in [4.69, 9.17) is 5.26 Å². The van der Waals surface area contributed by atoms with E-state index in [1.54, 1.807) is 0 Å². The molecule has 15 heavy (non-hydrogen) atoms. The molecular weight excluding hydrogens is 182 g/mol. The Labute approximate surface area is 91.7 Å². The normalized spacial score (nSPS) is 23.9. The summed E-state index contributed by atoms with van der Waals surface area (Å²) < 4.78 is 0. The minimum Gasteiger partial charge on any atom is -0.192 e. The molecule has 1 nitrogen and oxygen atoms in total. The average molecular weight is 199 g/mol. The smallest absolute Gasteiger partial charge is 0.0994 e. The zero-order chi connectivity index (χ0) is 11.0. The maximum atomic E-state index is 8.85. The molecule has 0 saturated heterocycles. The highest BCUT2D eigenvalue weighted by atomic mass is 14.4. The van der Waals surface area contributed by atoms with Gasteiger partial charge in [0.15, 0.2) is 0 Å². The Morgan fingerprint density at radius 3 is 2.60 bits per heavy atom. The van der Waals surface area contributed by atoms with Crippen LogP contribution in [0.4, 0.5) is 0 Å². The Kier molecular flexibility index (Phi) is 2.52. The fourth-order valence-electron chi connectivity index (χ4n) is 2.38. The topological polar surface area (TPSA) is 23.8 Å². The monoisotopic (exact) mass is 199 g/mol. The second kappa shape index (κ2) is 3.70. The van der Waals surface area contributed by atoms with Crippen LogP contribution < -0.4 is 0 Å². The molecule has 2 atom stereocenters. The lowest BCUT2D eigenvalue weighted by Crippen LogP contribution is -1.93. The van der Waals surface area contributed by atoms with E-state index in [1.807, 2.05) is 13.0 Å². The highest BCUT2D eigenvalue weighted by Crippen LogP contribution is 2.51. The van der Waals surface area contributed by atoms with Gasteiger partial charge < -0.3 is 0 Å². The lowest BCUT2D eigenvalue weighted by Gasteiger charge is -2.05. The van der Waals surface area contributed by atoms with Gasteiger partial charge in [0.2, 0.25) is 0 Å². The second-order valence-corrected chi connectivity index (χ2v) is 4.94. The first-order chi connectivity index (χ1) is 7.13. The largest absolute Gasteiger partial charge is 0.192 e. The molecule has 0 radical (unpaired) electrons. The fourth-order valence-corrected chi connectivity index (χ4v) is 2.38. The molecule has 0 spiro atoms. The Morgan fingerprint density at radius 2 is 2.13 bits per heavy atom. The summed E-state index contributed by atoms with van der Waals surface area (Å²) in [6.45, 7) is 6.61. The lowest BCUT2D eigenvalue weighted by molar-refractivity contribution is 0.548. The van der Waals surface area contributed by atoms with Gasteiger partial charge in [0, 0.05) is 0 Å². The standard InChI is InChI=1S/C14H17N/c1-9(2)13-7-14(13)11-4-5-12(8-15)10(3)6-11/h4-6,9,13-14H,7H2,1-3H3/t13-,14-/m1/s1. The van der Waals surface area contributed by atoms with E-state index in [0.717, 1.165) is 28.9 Å². The highest BCUT2D eigenvalue weighted by molar-refractivity contribution is 5.41. The summed E-state index contributed by atoms with van der Waals surface area (Å²) in [4.78, 5) is 0. The Balaban J connectivity index is 2.19. The third-order valence-electron chi connectivity index (χ3n) is 3.50. The number of hydrogen-bond acceptors (Lipinski definition) is 1. The maximum absolute atomic E-state index is 8.85. The van der Waals surface area contributed by atoms with Gasteiger partial charge >= 0.3 is 0 Å². The first-order valence-corrected chi connectivity index (χ1v) is 5.64. The van der Waals surface area contributed by atoms with E-state index in [0.29, 0.717) is 0 Å². The molecule has 1 aliphatic rings. The van der Waals surface area contributed by atoms with Crippen molar-refractivity contribution < 1.29 is 0 Å². The van der Waals surface area contributed by atoms with Crippen molar-refractivity contribution in [1.29, 1.82) is 5.26 Å². The van der Waals surface area contributed by atoms with Gasteiger partial charge in [-0.3, -0.25) is 0 Å². The third kappa shape index (κ3) is 1.90. The summed E-state index contributed by atoms with van der Waals surface area (Å²) >= 11 is 0. The van der Waals surface area contributed by atoms with Gasteiger partial charge in [0.1, 0.15) is 0 Å². The first kappa shape index (κ1) is 10.2. The van der Waals surface area contributed by atoms with Crippen molar-refractivity contribution in [2.24, 2.45) is 11.8 Å². The zero-order valence-electron chi connectivity index (χ0n) is 9.62. The van der Waals surface area contributed by atoms with Crippen molar-refractivity contribution in [3.05, 3.63) is 34.9 Å². The number of rotatable bonds is 2. The molecule has 0 bridgehead atoms. The minimum atomic E-state index is 0.747. The molecule has 0 amide bonds. The molecular formula is C14H17N. The van der Waals surface area contributed by atoms with Crippen LogP contribution in [0.1, 0.15) is 42.9 Å². The third-order valence-corrected chi connectivity index (χ3v) is 3.50. The molecule has 1 saturated carbocycles. The molecule has 0 aliphatic heterocycles. The van der Waals surface area contributed by atoms with E-state index in [1.165, 1.54) is 12.0 Å². The Morgan fingerprint density at radius 1 is 1.40 bits per heavy atom. The molecule has 1 aromatic carbocycles. The summed E-state index contributed by atoms with van der Waals surface area (Å²) in [6, 6.07) is 8.48. The average Bonchev–Trinajstić information content (AvgIpc) is 2.97. The van der Waals surface area contributed by atoms with Gasteiger partial charge in [-0.25, -0.2) is 0 Å². The number of nitrogens with zero attached hydrogens (tertiary/aromatic N) is 1. The van der Waals surface area contributed by atoms with Crippen LogP contribution >= 0.6 is 0 Å². The number of hydrogen-bond donors (Lipinski definition) is 0. The van der Waals surface area contributed by atoms with Crippen molar-refractivity contribution >= 4 is 0 Å². The van der Waals surface area contributed by atoms with Crippen LogP contribution in [0, 0.1) is 30.1 Å². The summed E-state index contributed by atoms with van der Waals surface area (Å²) in [5.74, 6) is 2.39. The number of nitriles is 1. The SMILES string of the molecule is Cc1cc([C@H]2C[C@@H]2C(C)C)ccc1C#N. The van der Waals surface area contributed by atoms with Gasteiger partial charge in [-0.1, -0.05) is 26.0 Å². The molecule has 1 aliphatic carbocycles. The molecule has 1 heteroatoms. The van der Waals surface area contributed by atoms with Crippen molar-refractivity contribution in [1.82, 2.24) is 0 Å². The minimum absolute atomic E-state index is 0.747. The van der Waals surface area contributed by atoms with E-state index < -0.39 is 0 Å². The molecule has 1 fully saturated rings. The van der Waals surface area contributed by atoms with Gasteiger partial charge in [0.05, 0.1) is 11.6 Å². The van der Waals surface area contributed by atoms with Crippen LogP contribution in [0.2, 0.25) is 0 Å². The van der Waals surface area contributed by atoms with E-state index >= 15 is 0 Å². The molecule has 0 N–H and O–H groups in total. The van der Waals surface area contributed by atoms with Crippen molar-refractivity contribution in [3.8, 4) is 6.07 Å². The maximum Gasteiger partial charge on any atom is 0.0994 e. The van der Waals surface area contributed by atoms with Crippen LogP contribution in [0.3, 0.4) is 0 Å². The summed E-state index contributed by atoms with van der Waals surface area (Å²) in [5, 5.41) is 8.85. The van der Waals surface area contributed by atoms with Gasteiger partial charge in [-0.15, -0.1) is 0 Å². The quantitative estimate of drug-likeness (QED) is 0.713. The Bertz CT molecular complexity index is 412. The lowest BCUT2D eigenvalue weighted by atomic mass is 9.99. The van der Waals surface area contributed by atoms with Gasteiger partial charge in [0.25, 0.3) is 0 Å².